The number of anilines is 1. The number of thiazole rings is 1. The van der Waals surface area contributed by atoms with Gasteiger partial charge in [0.1, 0.15) is 0 Å². The summed E-state index contributed by atoms with van der Waals surface area (Å²) in [5, 5.41) is 4.12. The van der Waals surface area contributed by atoms with Crippen LogP contribution in [-0.4, -0.2) is 22.3 Å². The van der Waals surface area contributed by atoms with Gasteiger partial charge in [-0.25, -0.2) is 4.98 Å². The fourth-order valence-corrected chi connectivity index (χ4v) is 3.02. The first-order valence-corrected chi connectivity index (χ1v) is 8.69. The number of aromatic nitrogens is 2. The second-order valence-corrected chi connectivity index (χ2v) is 6.42. The van der Waals surface area contributed by atoms with E-state index >= 15 is 0 Å². The Labute approximate surface area is 136 Å². The standard InChI is InChI=1S/C17H23N3OS/c1-3-4-5-6-7-9-19-17-20-12-15(22-17)16(21)14-11-18-10-8-13(14)2/h8,10-12H,3-7,9H2,1-2H3,(H,19,20). The summed E-state index contributed by atoms with van der Waals surface area (Å²) in [5.41, 5.74) is 1.59. The fraction of sp³-hybridized carbons (Fsp3) is 0.471. The Morgan fingerprint density at radius 1 is 1.23 bits per heavy atom. The number of unbranched alkanes of at least 4 members (excludes halogenated alkanes) is 4. The molecule has 0 bridgehead atoms. The molecule has 0 atom stereocenters. The summed E-state index contributed by atoms with van der Waals surface area (Å²) >= 11 is 1.41. The lowest BCUT2D eigenvalue weighted by molar-refractivity contribution is 0.104. The fourth-order valence-electron chi connectivity index (χ4n) is 2.22. The molecular formula is C17H23N3OS. The molecule has 5 heteroatoms. The molecular weight excluding hydrogens is 294 g/mol. The van der Waals surface area contributed by atoms with E-state index in [1.54, 1.807) is 18.6 Å². The number of nitrogens with one attached hydrogen (secondary N) is 1. The van der Waals surface area contributed by atoms with Crippen molar-refractivity contribution in [2.45, 2.75) is 46.0 Å². The highest BCUT2D eigenvalue weighted by atomic mass is 32.1. The van der Waals surface area contributed by atoms with Crippen LogP contribution in [0.5, 0.6) is 0 Å². The third kappa shape index (κ3) is 4.63. The monoisotopic (exact) mass is 317 g/mol. The van der Waals surface area contributed by atoms with Gasteiger partial charge < -0.3 is 5.32 Å². The minimum Gasteiger partial charge on any atom is -0.362 e. The van der Waals surface area contributed by atoms with Gasteiger partial charge in [0.25, 0.3) is 0 Å². The van der Waals surface area contributed by atoms with Crippen LogP contribution >= 0.6 is 11.3 Å². The van der Waals surface area contributed by atoms with Gasteiger partial charge >= 0.3 is 0 Å². The maximum absolute atomic E-state index is 12.4. The molecule has 2 aromatic rings. The van der Waals surface area contributed by atoms with Crippen molar-refractivity contribution in [3.8, 4) is 0 Å². The molecule has 0 aromatic carbocycles. The molecule has 0 saturated carbocycles. The van der Waals surface area contributed by atoms with Crippen LogP contribution in [-0.2, 0) is 0 Å². The molecule has 2 heterocycles. The molecule has 0 saturated heterocycles. The van der Waals surface area contributed by atoms with Crippen molar-refractivity contribution in [3.05, 3.63) is 40.7 Å². The minimum atomic E-state index is -0.000837. The van der Waals surface area contributed by atoms with Gasteiger partial charge in [0.05, 0.1) is 11.1 Å². The average Bonchev–Trinajstić information content (AvgIpc) is 2.99. The molecule has 0 aliphatic carbocycles. The molecule has 0 radical (unpaired) electrons. The van der Waals surface area contributed by atoms with E-state index in [1.165, 1.54) is 37.0 Å². The van der Waals surface area contributed by atoms with Crippen molar-refractivity contribution in [3.63, 3.8) is 0 Å². The molecule has 0 unspecified atom stereocenters. The van der Waals surface area contributed by atoms with E-state index in [4.69, 9.17) is 0 Å². The number of hydrogen-bond donors (Lipinski definition) is 1. The number of ketones is 1. The van der Waals surface area contributed by atoms with Crippen molar-refractivity contribution in [2.24, 2.45) is 0 Å². The van der Waals surface area contributed by atoms with Crippen LogP contribution in [0.3, 0.4) is 0 Å². The summed E-state index contributed by atoms with van der Waals surface area (Å²) in [6.07, 6.45) is 11.2. The summed E-state index contributed by atoms with van der Waals surface area (Å²) in [5.74, 6) is -0.000837. The van der Waals surface area contributed by atoms with Crippen molar-refractivity contribution in [1.82, 2.24) is 9.97 Å². The van der Waals surface area contributed by atoms with Gasteiger partial charge in [0.2, 0.25) is 5.78 Å². The lowest BCUT2D eigenvalue weighted by Gasteiger charge is -2.02. The van der Waals surface area contributed by atoms with Crippen LogP contribution in [0, 0.1) is 6.92 Å². The van der Waals surface area contributed by atoms with Crippen LogP contribution in [0.4, 0.5) is 5.13 Å². The van der Waals surface area contributed by atoms with E-state index < -0.39 is 0 Å². The van der Waals surface area contributed by atoms with E-state index in [1.807, 2.05) is 13.0 Å². The highest BCUT2D eigenvalue weighted by Gasteiger charge is 2.15. The van der Waals surface area contributed by atoms with Crippen molar-refractivity contribution < 1.29 is 4.79 Å². The van der Waals surface area contributed by atoms with Crippen LogP contribution in [0.1, 0.15) is 59.8 Å². The summed E-state index contributed by atoms with van der Waals surface area (Å²) in [7, 11) is 0. The summed E-state index contributed by atoms with van der Waals surface area (Å²) < 4.78 is 0. The Kier molecular flexibility index (Phi) is 6.52. The lowest BCUT2D eigenvalue weighted by Crippen LogP contribution is -2.02. The average molecular weight is 317 g/mol. The molecule has 0 aliphatic heterocycles. The predicted octanol–water partition coefficient (Wildman–Crippen LogP) is 4.46. The molecule has 0 fully saturated rings. The number of pyridine rings is 1. The van der Waals surface area contributed by atoms with Crippen molar-refractivity contribution in [2.75, 3.05) is 11.9 Å². The maximum atomic E-state index is 12.4. The number of carbonyl (C=O) groups is 1. The summed E-state index contributed by atoms with van der Waals surface area (Å²) in [4.78, 5) is 21.4. The second kappa shape index (κ2) is 8.63. The molecule has 2 rings (SSSR count). The molecule has 0 spiro atoms. The van der Waals surface area contributed by atoms with E-state index in [0.717, 1.165) is 23.7 Å². The van der Waals surface area contributed by atoms with Crippen LogP contribution in [0.15, 0.2) is 24.7 Å². The first-order valence-electron chi connectivity index (χ1n) is 7.87. The van der Waals surface area contributed by atoms with E-state index in [0.29, 0.717) is 10.4 Å². The third-order valence-corrected chi connectivity index (χ3v) is 4.52. The van der Waals surface area contributed by atoms with Gasteiger partial charge in [0.15, 0.2) is 5.13 Å². The second-order valence-electron chi connectivity index (χ2n) is 5.39. The van der Waals surface area contributed by atoms with Gasteiger partial charge in [-0.3, -0.25) is 9.78 Å². The quantitative estimate of drug-likeness (QED) is 0.548. The molecule has 4 nitrogen and oxygen atoms in total. The zero-order valence-electron chi connectivity index (χ0n) is 13.3. The Balaban J connectivity index is 1.86. The topological polar surface area (TPSA) is 54.9 Å². The molecule has 1 N–H and O–H groups in total. The maximum Gasteiger partial charge on any atom is 0.206 e. The highest BCUT2D eigenvalue weighted by molar-refractivity contribution is 7.17. The van der Waals surface area contributed by atoms with Crippen LogP contribution in [0.2, 0.25) is 0 Å². The van der Waals surface area contributed by atoms with E-state index in [9.17, 15) is 4.79 Å². The Morgan fingerprint density at radius 2 is 2.05 bits per heavy atom. The first-order chi connectivity index (χ1) is 10.7. The molecule has 2 aromatic heterocycles. The molecule has 0 aliphatic rings. The highest BCUT2D eigenvalue weighted by Crippen LogP contribution is 2.22. The van der Waals surface area contributed by atoms with Gasteiger partial charge in [-0.1, -0.05) is 43.9 Å². The predicted molar refractivity (Wildman–Crippen MR) is 91.8 cm³/mol. The summed E-state index contributed by atoms with van der Waals surface area (Å²) in [6, 6.07) is 1.85. The Hall–Kier alpha value is -1.75. The SMILES string of the molecule is CCCCCCCNc1ncc(C(=O)c2cnccc2C)s1. The number of aryl methyl sites for hydroxylation is 1. The van der Waals surface area contributed by atoms with Crippen molar-refractivity contribution in [1.29, 1.82) is 0 Å². The van der Waals surface area contributed by atoms with Crippen LogP contribution < -0.4 is 5.32 Å². The van der Waals surface area contributed by atoms with Gasteiger partial charge in [-0.05, 0) is 25.0 Å². The molecule has 0 amide bonds. The van der Waals surface area contributed by atoms with Gasteiger partial charge in [0, 0.05) is 24.5 Å². The summed E-state index contributed by atoms with van der Waals surface area (Å²) in [6.45, 7) is 5.05. The number of carbonyl (C=O) groups excluding carboxylic acids is 1. The van der Waals surface area contributed by atoms with E-state index in [2.05, 4.69) is 22.2 Å². The molecule has 22 heavy (non-hydrogen) atoms. The largest absolute Gasteiger partial charge is 0.362 e. The Bertz CT molecular complexity index is 609. The minimum absolute atomic E-state index is 0.000837. The number of hydrogen-bond acceptors (Lipinski definition) is 5. The van der Waals surface area contributed by atoms with E-state index in [-0.39, 0.29) is 5.78 Å². The number of rotatable bonds is 9. The van der Waals surface area contributed by atoms with Crippen LogP contribution in [0.25, 0.3) is 0 Å². The normalized spacial score (nSPS) is 10.6. The first kappa shape index (κ1) is 16.6. The zero-order chi connectivity index (χ0) is 15.8. The third-order valence-electron chi connectivity index (χ3n) is 3.57. The van der Waals surface area contributed by atoms with Gasteiger partial charge in [-0.15, -0.1) is 0 Å². The smallest absolute Gasteiger partial charge is 0.206 e. The zero-order valence-corrected chi connectivity index (χ0v) is 14.1. The molecule has 118 valence electrons. The lowest BCUT2D eigenvalue weighted by atomic mass is 10.1. The Morgan fingerprint density at radius 3 is 2.82 bits per heavy atom. The number of nitrogens with zero attached hydrogens (tertiary/aromatic N) is 2. The van der Waals surface area contributed by atoms with Gasteiger partial charge in [-0.2, -0.15) is 0 Å². The van der Waals surface area contributed by atoms with Crippen molar-refractivity contribution >= 4 is 22.3 Å².